The molecule has 0 amide bonds. The van der Waals surface area contributed by atoms with Gasteiger partial charge in [-0.25, -0.2) is 0 Å². The van der Waals surface area contributed by atoms with Crippen molar-refractivity contribution in [1.82, 2.24) is 0 Å². The Bertz CT molecular complexity index is 136. The number of rotatable bonds is 1. The van der Waals surface area contributed by atoms with Gasteiger partial charge in [-0.2, -0.15) is 0 Å². The molecule has 2 unspecified atom stereocenters. The fourth-order valence-electron chi connectivity index (χ4n) is 0.991. The van der Waals surface area contributed by atoms with E-state index < -0.39 is 0 Å². The topological polar surface area (TPSA) is 20.2 Å². The first kappa shape index (κ1) is 6.56. The van der Waals surface area contributed by atoms with Crippen LogP contribution in [0.25, 0.3) is 0 Å². The molecule has 0 radical (unpaired) electrons. The SMILES string of the molecule is CC1C=CC=CC1CO. The summed E-state index contributed by atoms with van der Waals surface area (Å²) in [7, 11) is 0. The summed E-state index contributed by atoms with van der Waals surface area (Å²) in [6.45, 7) is 2.38. The molecule has 1 heteroatoms. The van der Waals surface area contributed by atoms with Crippen molar-refractivity contribution >= 4 is 0 Å². The molecule has 0 bridgehead atoms. The van der Waals surface area contributed by atoms with Crippen LogP contribution in [0, 0.1) is 11.8 Å². The standard InChI is InChI=1S/C8H12O/c1-7-4-2-3-5-8(7)6-9/h2-5,7-9H,6H2,1H3. The Morgan fingerprint density at radius 1 is 1.33 bits per heavy atom. The molecule has 0 fully saturated rings. The lowest BCUT2D eigenvalue weighted by Crippen LogP contribution is -2.12. The number of aliphatic hydroxyl groups excluding tert-OH is 1. The average Bonchev–Trinajstić information content (AvgIpc) is 1.89. The molecule has 2 atom stereocenters. The minimum absolute atomic E-state index is 0.266. The molecule has 9 heavy (non-hydrogen) atoms. The van der Waals surface area contributed by atoms with Gasteiger partial charge in [-0.05, 0) is 5.92 Å². The summed E-state index contributed by atoms with van der Waals surface area (Å²) in [5, 5.41) is 8.78. The van der Waals surface area contributed by atoms with Crippen LogP contribution in [0.3, 0.4) is 0 Å². The average molecular weight is 124 g/mol. The summed E-state index contributed by atoms with van der Waals surface area (Å²) < 4.78 is 0. The summed E-state index contributed by atoms with van der Waals surface area (Å²) in [4.78, 5) is 0. The Hall–Kier alpha value is -0.560. The molecule has 0 aromatic heterocycles. The minimum atomic E-state index is 0.266. The van der Waals surface area contributed by atoms with Crippen molar-refractivity contribution in [3.8, 4) is 0 Å². The van der Waals surface area contributed by atoms with E-state index in [-0.39, 0.29) is 6.61 Å². The quantitative estimate of drug-likeness (QED) is 0.559. The maximum absolute atomic E-state index is 8.78. The van der Waals surface area contributed by atoms with Crippen molar-refractivity contribution in [2.75, 3.05) is 6.61 Å². The fraction of sp³-hybridized carbons (Fsp3) is 0.500. The zero-order chi connectivity index (χ0) is 6.69. The Labute approximate surface area is 55.7 Å². The molecule has 50 valence electrons. The van der Waals surface area contributed by atoms with E-state index in [0.29, 0.717) is 11.8 Å². The van der Waals surface area contributed by atoms with E-state index in [1.807, 2.05) is 18.2 Å². The summed E-state index contributed by atoms with van der Waals surface area (Å²) in [6.07, 6.45) is 8.17. The zero-order valence-electron chi connectivity index (χ0n) is 5.62. The van der Waals surface area contributed by atoms with Crippen LogP contribution in [0.4, 0.5) is 0 Å². The van der Waals surface area contributed by atoms with E-state index in [1.54, 1.807) is 0 Å². The lowest BCUT2D eigenvalue weighted by molar-refractivity contribution is 0.229. The molecule has 1 aliphatic carbocycles. The molecule has 0 saturated heterocycles. The molecule has 0 aromatic rings. The zero-order valence-corrected chi connectivity index (χ0v) is 5.62. The predicted octanol–water partition coefficient (Wildman–Crippen LogP) is 1.36. The van der Waals surface area contributed by atoms with Gasteiger partial charge < -0.3 is 5.11 Å². The van der Waals surface area contributed by atoms with Gasteiger partial charge in [0.25, 0.3) is 0 Å². The molecule has 0 aliphatic heterocycles. The minimum Gasteiger partial charge on any atom is -0.396 e. The van der Waals surface area contributed by atoms with Gasteiger partial charge in [0, 0.05) is 12.5 Å². The normalized spacial score (nSPS) is 33.1. The highest BCUT2D eigenvalue weighted by Crippen LogP contribution is 2.17. The maximum atomic E-state index is 8.78. The Morgan fingerprint density at radius 2 is 2.00 bits per heavy atom. The second-order valence-corrected chi connectivity index (χ2v) is 2.48. The van der Waals surface area contributed by atoms with Crippen LogP contribution in [0.2, 0.25) is 0 Å². The van der Waals surface area contributed by atoms with Gasteiger partial charge in [0.2, 0.25) is 0 Å². The van der Waals surface area contributed by atoms with Crippen LogP contribution in [0.5, 0.6) is 0 Å². The van der Waals surface area contributed by atoms with Gasteiger partial charge in [-0.3, -0.25) is 0 Å². The number of aliphatic hydroxyl groups is 1. The first-order chi connectivity index (χ1) is 4.34. The van der Waals surface area contributed by atoms with E-state index in [1.165, 1.54) is 0 Å². The van der Waals surface area contributed by atoms with Crippen LogP contribution < -0.4 is 0 Å². The number of hydrogen-bond donors (Lipinski definition) is 1. The largest absolute Gasteiger partial charge is 0.396 e. The van der Waals surface area contributed by atoms with Crippen LogP contribution >= 0.6 is 0 Å². The van der Waals surface area contributed by atoms with E-state index >= 15 is 0 Å². The third kappa shape index (κ3) is 1.42. The van der Waals surface area contributed by atoms with Crippen molar-refractivity contribution in [3.05, 3.63) is 24.3 Å². The molecule has 0 heterocycles. The van der Waals surface area contributed by atoms with Gasteiger partial charge >= 0.3 is 0 Å². The van der Waals surface area contributed by atoms with Gasteiger partial charge in [0.15, 0.2) is 0 Å². The third-order valence-corrected chi connectivity index (χ3v) is 1.77. The Balaban J connectivity index is 2.55. The van der Waals surface area contributed by atoms with Crippen molar-refractivity contribution in [1.29, 1.82) is 0 Å². The van der Waals surface area contributed by atoms with Gasteiger partial charge in [0.05, 0.1) is 0 Å². The van der Waals surface area contributed by atoms with E-state index in [0.717, 1.165) is 0 Å². The molecule has 1 aliphatic rings. The highest BCUT2D eigenvalue weighted by molar-refractivity contribution is 5.13. The molecule has 1 rings (SSSR count). The van der Waals surface area contributed by atoms with Gasteiger partial charge in [0.1, 0.15) is 0 Å². The molecular weight excluding hydrogens is 112 g/mol. The van der Waals surface area contributed by atoms with Crippen molar-refractivity contribution in [2.45, 2.75) is 6.92 Å². The molecule has 1 nitrogen and oxygen atoms in total. The second-order valence-electron chi connectivity index (χ2n) is 2.48. The number of allylic oxidation sites excluding steroid dienone is 3. The van der Waals surface area contributed by atoms with Crippen molar-refractivity contribution in [3.63, 3.8) is 0 Å². The van der Waals surface area contributed by atoms with E-state index in [9.17, 15) is 0 Å². The van der Waals surface area contributed by atoms with Crippen LogP contribution in [0.1, 0.15) is 6.92 Å². The van der Waals surface area contributed by atoms with Crippen molar-refractivity contribution in [2.24, 2.45) is 11.8 Å². The molecular formula is C8H12O. The smallest absolute Gasteiger partial charge is 0.0499 e. The first-order valence-corrected chi connectivity index (χ1v) is 3.30. The van der Waals surface area contributed by atoms with E-state index in [4.69, 9.17) is 5.11 Å². The van der Waals surface area contributed by atoms with Gasteiger partial charge in [-0.15, -0.1) is 0 Å². The van der Waals surface area contributed by atoms with Crippen LogP contribution in [-0.4, -0.2) is 11.7 Å². The highest BCUT2D eigenvalue weighted by atomic mass is 16.3. The molecule has 0 aromatic carbocycles. The summed E-state index contributed by atoms with van der Waals surface area (Å²) in [5.41, 5.74) is 0. The summed E-state index contributed by atoms with van der Waals surface area (Å²) in [5.74, 6) is 0.843. The maximum Gasteiger partial charge on any atom is 0.0499 e. The highest BCUT2D eigenvalue weighted by Gasteiger charge is 2.11. The first-order valence-electron chi connectivity index (χ1n) is 3.30. The molecule has 0 saturated carbocycles. The lowest BCUT2D eigenvalue weighted by atomic mass is 9.91. The molecule has 1 N–H and O–H groups in total. The van der Waals surface area contributed by atoms with Crippen molar-refractivity contribution < 1.29 is 5.11 Å². The summed E-state index contributed by atoms with van der Waals surface area (Å²) >= 11 is 0. The Morgan fingerprint density at radius 3 is 2.44 bits per heavy atom. The Kier molecular flexibility index (Phi) is 2.06. The third-order valence-electron chi connectivity index (χ3n) is 1.77. The van der Waals surface area contributed by atoms with Crippen LogP contribution in [0.15, 0.2) is 24.3 Å². The predicted molar refractivity (Wildman–Crippen MR) is 38.0 cm³/mol. The van der Waals surface area contributed by atoms with Crippen LogP contribution in [-0.2, 0) is 0 Å². The van der Waals surface area contributed by atoms with E-state index in [2.05, 4.69) is 13.0 Å². The second kappa shape index (κ2) is 2.83. The fourth-order valence-corrected chi connectivity index (χ4v) is 0.991. The summed E-state index contributed by atoms with van der Waals surface area (Å²) in [6, 6.07) is 0. The van der Waals surface area contributed by atoms with Gasteiger partial charge in [-0.1, -0.05) is 31.2 Å². The molecule has 0 spiro atoms. The monoisotopic (exact) mass is 124 g/mol. The number of hydrogen-bond acceptors (Lipinski definition) is 1. The lowest BCUT2D eigenvalue weighted by Gasteiger charge is -2.16.